The Bertz CT molecular complexity index is 839. The predicted molar refractivity (Wildman–Crippen MR) is 94.6 cm³/mol. The number of benzene rings is 1. The van der Waals surface area contributed by atoms with Crippen LogP contribution in [0.5, 0.6) is 0 Å². The number of carbonyl (C=O) groups is 1. The Balaban J connectivity index is 1.73. The monoisotopic (exact) mass is 361 g/mol. The van der Waals surface area contributed by atoms with E-state index in [1.54, 1.807) is 18.5 Å². The summed E-state index contributed by atoms with van der Waals surface area (Å²) in [4.78, 5) is 16.7. The van der Waals surface area contributed by atoms with E-state index < -0.39 is 10.0 Å². The van der Waals surface area contributed by atoms with Crippen molar-refractivity contribution in [1.82, 2.24) is 13.9 Å². The highest BCUT2D eigenvalue weighted by Gasteiger charge is 2.34. The van der Waals surface area contributed by atoms with Crippen LogP contribution >= 0.6 is 0 Å². The number of carbonyl (C=O) groups excluding carboxylic acids is 1. The van der Waals surface area contributed by atoms with Crippen LogP contribution in [-0.4, -0.2) is 41.1 Å². The number of imidazole rings is 1. The first-order valence-electron chi connectivity index (χ1n) is 8.44. The van der Waals surface area contributed by atoms with Gasteiger partial charge in [0.2, 0.25) is 0 Å². The summed E-state index contributed by atoms with van der Waals surface area (Å²) in [5.41, 5.74) is 0.966. The van der Waals surface area contributed by atoms with Crippen molar-refractivity contribution in [3.8, 4) is 0 Å². The molecule has 0 bridgehead atoms. The first-order valence-corrected chi connectivity index (χ1v) is 9.88. The maximum Gasteiger partial charge on any atom is 0.262 e. The fraction of sp³-hybridized carbons (Fsp3) is 0.444. The van der Waals surface area contributed by atoms with E-state index in [9.17, 15) is 13.2 Å². The highest BCUT2D eigenvalue weighted by atomic mass is 32.2. The smallest absolute Gasteiger partial charge is 0.262 e. The molecular formula is C18H23N3O3S. The minimum Gasteiger partial charge on any atom is -0.337 e. The van der Waals surface area contributed by atoms with Gasteiger partial charge in [0.05, 0.1) is 0 Å². The lowest BCUT2D eigenvalue weighted by molar-refractivity contribution is -0.123. The van der Waals surface area contributed by atoms with Crippen LogP contribution in [0.4, 0.5) is 0 Å². The van der Waals surface area contributed by atoms with E-state index in [2.05, 4.69) is 4.98 Å². The topological polar surface area (TPSA) is 72.3 Å². The van der Waals surface area contributed by atoms with Crippen LogP contribution < -0.4 is 0 Å². The van der Waals surface area contributed by atoms with Gasteiger partial charge in [-0.3, -0.25) is 4.79 Å². The molecule has 7 heteroatoms. The lowest BCUT2D eigenvalue weighted by Crippen LogP contribution is -2.42. The molecule has 0 spiro atoms. The van der Waals surface area contributed by atoms with Crippen LogP contribution in [0.3, 0.4) is 0 Å². The number of ketones is 1. The Hall–Kier alpha value is -1.99. The SMILES string of the molecule is Cc1nc(S(=O)(=O)N2CCC[C@@H](C(=O)Cc3ccccc3)C2)cn1C. The van der Waals surface area contributed by atoms with Gasteiger partial charge in [0.1, 0.15) is 11.6 Å². The van der Waals surface area contributed by atoms with Crippen molar-refractivity contribution in [2.75, 3.05) is 13.1 Å². The molecule has 2 aromatic rings. The van der Waals surface area contributed by atoms with Gasteiger partial charge in [0, 0.05) is 38.7 Å². The average Bonchev–Trinajstić information content (AvgIpc) is 2.96. The number of rotatable bonds is 5. The van der Waals surface area contributed by atoms with Gasteiger partial charge in [-0.25, -0.2) is 13.4 Å². The summed E-state index contributed by atoms with van der Waals surface area (Å²) in [6, 6.07) is 9.57. The summed E-state index contributed by atoms with van der Waals surface area (Å²) in [5.74, 6) is 0.490. The standard InChI is InChI=1S/C18H23N3O3S/c1-14-19-18(13-20(14)2)25(23,24)21-10-6-9-16(12-21)17(22)11-15-7-4-3-5-8-15/h3-5,7-8,13,16H,6,9-12H2,1-2H3/t16-/m1/s1. The number of aromatic nitrogens is 2. The van der Waals surface area contributed by atoms with E-state index in [1.807, 2.05) is 30.3 Å². The molecule has 0 unspecified atom stereocenters. The summed E-state index contributed by atoms with van der Waals surface area (Å²) in [6.45, 7) is 2.44. The number of nitrogens with zero attached hydrogens (tertiary/aromatic N) is 3. The number of hydrogen-bond acceptors (Lipinski definition) is 4. The molecule has 134 valence electrons. The Morgan fingerprint density at radius 3 is 2.64 bits per heavy atom. The quantitative estimate of drug-likeness (QED) is 0.816. The number of hydrogen-bond donors (Lipinski definition) is 0. The zero-order valence-corrected chi connectivity index (χ0v) is 15.4. The molecule has 1 aromatic carbocycles. The van der Waals surface area contributed by atoms with E-state index in [1.165, 1.54) is 10.5 Å². The van der Waals surface area contributed by atoms with Crippen molar-refractivity contribution in [3.05, 3.63) is 47.9 Å². The molecule has 6 nitrogen and oxygen atoms in total. The highest BCUT2D eigenvalue weighted by Crippen LogP contribution is 2.24. The van der Waals surface area contributed by atoms with Gasteiger partial charge >= 0.3 is 0 Å². The Kier molecular flexibility index (Phi) is 5.06. The van der Waals surface area contributed by atoms with Crippen molar-refractivity contribution < 1.29 is 13.2 Å². The highest BCUT2D eigenvalue weighted by molar-refractivity contribution is 7.89. The summed E-state index contributed by atoms with van der Waals surface area (Å²) in [5, 5.41) is 0.0589. The van der Waals surface area contributed by atoms with E-state index in [-0.39, 0.29) is 23.3 Å². The molecule has 0 N–H and O–H groups in total. The van der Waals surface area contributed by atoms with Gasteiger partial charge in [-0.1, -0.05) is 30.3 Å². The first kappa shape index (κ1) is 17.8. The first-order chi connectivity index (χ1) is 11.9. The molecule has 0 amide bonds. The Morgan fingerprint density at radius 1 is 1.28 bits per heavy atom. The number of Topliss-reactive ketones (excluding diaryl/α,β-unsaturated/α-hetero) is 1. The number of sulfonamides is 1. The molecule has 1 saturated heterocycles. The molecule has 0 radical (unpaired) electrons. The van der Waals surface area contributed by atoms with Crippen molar-refractivity contribution in [1.29, 1.82) is 0 Å². The van der Waals surface area contributed by atoms with Gasteiger partial charge in [0.15, 0.2) is 5.03 Å². The van der Waals surface area contributed by atoms with Gasteiger partial charge in [-0.2, -0.15) is 4.31 Å². The predicted octanol–water partition coefficient (Wildman–Crippen LogP) is 1.94. The van der Waals surface area contributed by atoms with Crippen LogP contribution in [0.15, 0.2) is 41.6 Å². The van der Waals surface area contributed by atoms with E-state index in [0.717, 1.165) is 12.0 Å². The second kappa shape index (κ2) is 7.09. The third-order valence-electron chi connectivity index (χ3n) is 4.75. The van der Waals surface area contributed by atoms with E-state index >= 15 is 0 Å². The van der Waals surface area contributed by atoms with Crippen LogP contribution in [0.25, 0.3) is 0 Å². The molecule has 1 aromatic heterocycles. The molecule has 0 aliphatic carbocycles. The summed E-state index contributed by atoms with van der Waals surface area (Å²) < 4.78 is 28.7. The van der Waals surface area contributed by atoms with Crippen LogP contribution in [0.2, 0.25) is 0 Å². The van der Waals surface area contributed by atoms with Gasteiger partial charge in [0.25, 0.3) is 10.0 Å². The largest absolute Gasteiger partial charge is 0.337 e. The number of piperidine rings is 1. The third-order valence-corrected chi connectivity index (χ3v) is 6.49. The molecule has 25 heavy (non-hydrogen) atoms. The van der Waals surface area contributed by atoms with Crippen molar-refractivity contribution >= 4 is 15.8 Å². The van der Waals surface area contributed by atoms with E-state index in [0.29, 0.717) is 25.2 Å². The number of aryl methyl sites for hydroxylation is 2. The minimum atomic E-state index is -3.65. The second-order valence-electron chi connectivity index (χ2n) is 6.57. The van der Waals surface area contributed by atoms with Crippen LogP contribution in [0.1, 0.15) is 24.2 Å². The van der Waals surface area contributed by atoms with E-state index in [4.69, 9.17) is 0 Å². The zero-order chi connectivity index (χ0) is 18.0. The Morgan fingerprint density at radius 2 is 2.00 bits per heavy atom. The minimum absolute atomic E-state index is 0.0589. The van der Waals surface area contributed by atoms with Gasteiger partial charge in [-0.05, 0) is 25.3 Å². The summed E-state index contributed by atoms with van der Waals surface area (Å²) in [7, 11) is -1.89. The molecule has 1 aliphatic heterocycles. The zero-order valence-electron chi connectivity index (χ0n) is 14.6. The molecule has 1 aliphatic rings. The average molecular weight is 361 g/mol. The summed E-state index contributed by atoms with van der Waals surface area (Å²) in [6.07, 6.45) is 3.30. The fourth-order valence-corrected chi connectivity index (χ4v) is 4.70. The third kappa shape index (κ3) is 3.82. The fourth-order valence-electron chi connectivity index (χ4n) is 3.15. The molecule has 1 atom stereocenters. The molecule has 3 rings (SSSR count). The van der Waals surface area contributed by atoms with Crippen molar-refractivity contribution in [3.63, 3.8) is 0 Å². The molecular weight excluding hydrogens is 338 g/mol. The van der Waals surface area contributed by atoms with Crippen LogP contribution in [0, 0.1) is 12.8 Å². The molecule has 0 saturated carbocycles. The Labute approximate surface area is 148 Å². The maximum atomic E-state index is 12.8. The van der Waals surface area contributed by atoms with Crippen LogP contribution in [-0.2, 0) is 28.3 Å². The second-order valence-corrected chi connectivity index (χ2v) is 8.45. The van der Waals surface area contributed by atoms with Gasteiger partial charge < -0.3 is 4.57 Å². The lowest BCUT2D eigenvalue weighted by Gasteiger charge is -2.30. The maximum absolute atomic E-state index is 12.8. The lowest BCUT2D eigenvalue weighted by atomic mass is 9.91. The summed E-state index contributed by atoms with van der Waals surface area (Å²) >= 11 is 0. The van der Waals surface area contributed by atoms with Crippen molar-refractivity contribution in [2.45, 2.75) is 31.2 Å². The van der Waals surface area contributed by atoms with Gasteiger partial charge in [-0.15, -0.1) is 0 Å². The molecule has 2 heterocycles. The normalized spacial score (nSPS) is 19.0. The molecule has 1 fully saturated rings. The van der Waals surface area contributed by atoms with Crippen molar-refractivity contribution in [2.24, 2.45) is 13.0 Å².